The van der Waals surface area contributed by atoms with Crippen LogP contribution in [-0.4, -0.2) is 40.5 Å². The largest absolute Gasteiger partial charge is 0.493 e. The van der Waals surface area contributed by atoms with Crippen LogP contribution in [0.5, 0.6) is 11.5 Å². The molecule has 0 saturated heterocycles. The van der Waals surface area contributed by atoms with Crippen molar-refractivity contribution in [3.63, 3.8) is 0 Å². The van der Waals surface area contributed by atoms with E-state index in [1.54, 1.807) is 20.3 Å². The smallest absolute Gasteiger partial charge is 0.242 e. The van der Waals surface area contributed by atoms with E-state index in [1.807, 2.05) is 12.1 Å². The molecule has 0 spiro atoms. The Labute approximate surface area is 158 Å². The molecule has 5 nitrogen and oxygen atoms in total. The van der Waals surface area contributed by atoms with Gasteiger partial charge in [-0.1, -0.05) is 29.3 Å². The fourth-order valence-corrected chi connectivity index (χ4v) is 4.20. The standard InChI is InChI=1S/C17H19Cl2NO4S/c1-20(25(21,22)15-10-13(18)9-14(19)11-15)7-6-12-4-5-16(23-2)17(8-12)24-3/h4-5,8-11H,6-7H2,1-3H3. The molecule has 0 unspecified atom stereocenters. The Morgan fingerprint density at radius 2 is 1.56 bits per heavy atom. The van der Waals surface area contributed by atoms with E-state index in [9.17, 15) is 8.42 Å². The minimum Gasteiger partial charge on any atom is -0.493 e. The van der Waals surface area contributed by atoms with Crippen LogP contribution in [0.3, 0.4) is 0 Å². The van der Waals surface area contributed by atoms with E-state index >= 15 is 0 Å². The molecule has 8 heteroatoms. The molecule has 0 N–H and O–H groups in total. The van der Waals surface area contributed by atoms with Gasteiger partial charge < -0.3 is 9.47 Å². The third kappa shape index (κ3) is 4.79. The van der Waals surface area contributed by atoms with Gasteiger partial charge in [-0.15, -0.1) is 0 Å². The molecule has 0 heterocycles. The van der Waals surface area contributed by atoms with Gasteiger partial charge >= 0.3 is 0 Å². The third-order valence-electron chi connectivity index (χ3n) is 3.71. The number of ether oxygens (including phenoxy) is 2. The van der Waals surface area contributed by atoms with Crippen molar-refractivity contribution in [2.24, 2.45) is 0 Å². The number of likely N-dealkylation sites (N-methyl/N-ethyl adjacent to an activating group) is 1. The normalized spacial score (nSPS) is 11.6. The second-order valence-corrected chi connectivity index (χ2v) is 8.29. The Hall–Kier alpha value is -1.47. The molecule has 0 atom stereocenters. The highest BCUT2D eigenvalue weighted by Gasteiger charge is 2.21. The van der Waals surface area contributed by atoms with Crippen molar-refractivity contribution < 1.29 is 17.9 Å². The van der Waals surface area contributed by atoms with Crippen LogP contribution in [0.15, 0.2) is 41.3 Å². The van der Waals surface area contributed by atoms with Gasteiger partial charge in [0, 0.05) is 23.6 Å². The number of halogens is 2. The van der Waals surface area contributed by atoms with Crippen LogP contribution in [0.2, 0.25) is 10.0 Å². The van der Waals surface area contributed by atoms with E-state index in [1.165, 1.54) is 29.6 Å². The quantitative estimate of drug-likeness (QED) is 0.703. The van der Waals surface area contributed by atoms with Crippen LogP contribution >= 0.6 is 23.2 Å². The molecule has 0 aliphatic heterocycles. The van der Waals surface area contributed by atoms with Gasteiger partial charge in [0.15, 0.2) is 11.5 Å². The summed E-state index contributed by atoms with van der Waals surface area (Å²) in [5, 5.41) is 0.554. The maximum atomic E-state index is 12.6. The maximum Gasteiger partial charge on any atom is 0.242 e. The van der Waals surface area contributed by atoms with Crippen LogP contribution in [0.1, 0.15) is 5.56 Å². The Kier molecular flexibility index (Phi) is 6.57. The fourth-order valence-electron chi connectivity index (χ4n) is 2.30. The molecule has 0 aromatic heterocycles. The number of benzene rings is 2. The number of hydrogen-bond acceptors (Lipinski definition) is 4. The molecular weight excluding hydrogens is 385 g/mol. The predicted molar refractivity (Wildman–Crippen MR) is 99.5 cm³/mol. The molecule has 0 bridgehead atoms. The second kappa shape index (κ2) is 8.27. The van der Waals surface area contributed by atoms with E-state index in [2.05, 4.69) is 0 Å². The van der Waals surface area contributed by atoms with Crippen molar-refractivity contribution in [1.29, 1.82) is 0 Å². The molecule has 0 aliphatic carbocycles. The van der Waals surface area contributed by atoms with Crippen LogP contribution in [0, 0.1) is 0 Å². The summed E-state index contributed by atoms with van der Waals surface area (Å²) in [5.74, 6) is 1.23. The van der Waals surface area contributed by atoms with Crippen molar-refractivity contribution in [1.82, 2.24) is 4.31 Å². The van der Waals surface area contributed by atoms with Crippen LogP contribution in [0.4, 0.5) is 0 Å². The minimum absolute atomic E-state index is 0.0693. The van der Waals surface area contributed by atoms with E-state index in [-0.39, 0.29) is 14.9 Å². The first-order chi connectivity index (χ1) is 11.8. The number of rotatable bonds is 7. The molecule has 0 amide bonds. The molecular formula is C17H19Cl2NO4S. The van der Waals surface area contributed by atoms with E-state index in [0.29, 0.717) is 24.5 Å². The Bertz CT molecular complexity index is 835. The van der Waals surface area contributed by atoms with Gasteiger partial charge in [0.05, 0.1) is 19.1 Å². The lowest BCUT2D eigenvalue weighted by Crippen LogP contribution is -2.29. The summed E-state index contributed by atoms with van der Waals surface area (Å²) < 4.78 is 37.0. The lowest BCUT2D eigenvalue weighted by atomic mass is 10.1. The number of nitrogens with zero attached hydrogens (tertiary/aromatic N) is 1. The summed E-state index contributed by atoms with van der Waals surface area (Å²) in [4.78, 5) is 0.0693. The van der Waals surface area contributed by atoms with Gasteiger partial charge in [-0.05, 0) is 42.3 Å². The first-order valence-corrected chi connectivity index (χ1v) is 9.61. The Balaban J connectivity index is 2.15. The first-order valence-electron chi connectivity index (χ1n) is 7.41. The highest BCUT2D eigenvalue weighted by atomic mass is 35.5. The maximum absolute atomic E-state index is 12.6. The van der Waals surface area contributed by atoms with Crippen molar-refractivity contribution in [3.05, 3.63) is 52.0 Å². The van der Waals surface area contributed by atoms with Gasteiger partial charge in [0.2, 0.25) is 10.0 Å². The van der Waals surface area contributed by atoms with Crippen LogP contribution < -0.4 is 9.47 Å². The predicted octanol–water partition coefficient (Wildman–Crippen LogP) is 3.87. The van der Waals surface area contributed by atoms with Gasteiger partial charge in [-0.2, -0.15) is 0 Å². The number of methoxy groups -OCH3 is 2. The Morgan fingerprint density at radius 1 is 0.960 bits per heavy atom. The molecule has 0 radical (unpaired) electrons. The molecule has 2 aromatic rings. The van der Waals surface area contributed by atoms with E-state index in [4.69, 9.17) is 32.7 Å². The molecule has 0 aliphatic rings. The van der Waals surface area contributed by atoms with Crippen molar-refractivity contribution in [2.75, 3.05) is 27.8 Å². The van der Waals surface area contributed by atoms with Gasteiger partial charge in [-0.25, -0.2) is 12.7 Å². The van der Waals surface area contributed by atoms with Crippen molar-refractivity contribution in [2.45, 2.75) is 11.3 Å². The number of hydrogen-bond donors (Lipinski definition) is 0. The van der Waals surface area contributed by atoms with Crippen LogP contribution in [-0.2, 0) is 16.4 Å². The zero-order valence-corrected chi connectivity index (χ0v) is 16.5. The zero-order valence-electron chi connectivity index (χ0n) is 14.1. The van der Waals surface area contributed by atoms with Crippen molar-refractivity contribution in [3.8, 4) is 11.5 Å². The van der Waals surface area contributed by atoms with Gasteiger partial charge in [0.1, 0.15) is 0 Å². The molecule has 136 valence electrons. The molecule has 2 rings (SSSR count). The lowest BCUT2D eigenvalue weighted by Gasteiger charge is -2.18. The first kappa shape index (κ1) is 19.8. The lowest BCUT2D eigenvalue weighted by molar-refractivity contribution is 0.354. The van der Waals surface area contributed by atoms with Gasteiger partial charge in [-0.3, -0.25) is 0 Å². The molecule has 25 heavy (non-hydrogen) atoms. The SMILES string of the molecule is COc1ccc(CCN(C)S(=O)(=O)c2cc(Cl)cc(Cl)c2)cc1OC. The van der Waals surface area contributed by atoms with E-state index in [0.717, 1.165) is 5.56 Å². The topological polar surface area (TPSA) is 55.8 Å². The summed E-state index contributed by atoms with van der Waals surface area (Å²) in [6, 6.07) is 9.75. The minimum atomic E-state index is -3.67. The average molecular weight is 404 g/mol. The third-order valence-corrected chi connectivity index (χ3v) is 5.98. The summed E-state index contributed by atoms with van der Waals surface area (Å²) in [6.07, 6.45) is 0.518. The summed E-state index contributed by atoms with van der Waals surface area (Å²) in [6.45, 7) is 0.294. The summed E-state index contributed by atoms with van der Waals surface area (Å²) in [5.41, 5.74) is 0.934. The van der Waals surface area contributed by atoms with E-state index < -0.39 is 10.0 Å². The van der Waals surface area contributed by atoms with Crippen LogP contribution in [0.25, 0.3) is 0 Å². The molecule has 0 saturated carbocycles. The summed E-state index contributed by atoms with van der Waals surface area (Å²) >= 11 is 11.8. The summed E-state index contributed by atoms with van der Waals surface area (Å²) in [7, 11) is 0.965. The fraction of sp³-hybridized carbons (Fsp3) is 0.294. The molecule has 2 aromatic carbocycles. The van der Waals surface area contributed by atoms with Gasteiger partial charge in [0.25, 0.3) is 0 Å². The van der Waals surface area contributed by atoms with Crippen molar-refractivity contribution >= 4 is 33.2 Å². The highest BCUT2D eigenvalue weighted by molar-refractivity contribution is 7.89. The zero-order chi connectivity index (χ0) is 18.6. The number of sulfonamides is 1. The molecule has 0 fully saturated rings. The second-order valence-electron chi connectivity index (χ2n) is 5.37. The highest BCUT2D eigenvalue weighted by Crippen LogP contribution is 2.28. The average Bonchev–Trinajstić information content (AvgIpc) is 2.58. The monoisotopic (exact) mass is 403 g/mol. The Morgan fingerprint density at radius 3 is 2.12 bits per heavy atom.